The van der Waals surface area contributed by atoms with E-state index in [1.807, 2.05) is 0 Å². The van der Waals surface area contributed by atoms with E-state index in [0.29, 0.717) is 12.0 Å². The molecule has 2 atom stereocenters. The van der Waals surface area contributed by atoms with Crippen LogP contribution in [0.4, 0.5) is 26.3 Å². The third-order valence-electron chi connectivity index (χ3n) is 6.67. The minimum atomic E-state index is -1.58. The summed E-state index contributed by atoms with van der Waals surface area (Å²) in [5, 5.41) is 19.2. The maximum Gasteiger partial charge on any atom is 0.341 e. The van der Waals surface area contributed by atoms with Crippen molar-refractivity contribution < 1.29 is 46.1 Å². The average molecular weight is 550 g/mol. The zero-order valence-electron chi connectivity index (χ0n) is 20.7. The Bertz CT molecular complexity index is 1450. The van der Waals surface area contributed by atoms with E-state index in [4.69, 9.17) is 4.74 Å². The molecular weight excluding hydrogens is 526 g/mol. The van der Waals surface area contributed by atoms with Gasteiger partial charge in [-0.25, -0.2) is 26.7 Å². The third kappa shape index (κ3) is 5.52. The lowest BCUT2D eigenvalue weighted by Gasteiger charge is -2.23. The molecule has 0 fully saturated rings. The van der Waals surface area contributed by atoms with E-state index < -0.39 is 75.5 Å². The molecule has 3 aromatic rings. The number of aromatic hydroxyl groups is 1. The number of aliphatic hydroxyl groups is 1. The Kier molecular flexibility index (Phi) is 8.34. The summed E-state index contributed by atoms with van der Waals surface area (Å²) in [5.41, 5.74) is -1.71. The summed E-state index contributed by atoms with van der Waals surface area (Å²) in [6.45, 7) is 1.77. The highest BCUT2D eigenvalue weighted by atomic mass is 19.2. The Hall–Kier alpha value is -3.79. The van der Waals surface area contributed by atoms with Crippen LogP contribution in [-0.4, -0.2) is 22.3 Å². The first-order chi connectivity index (χ1) is 18.5. The molecule has 3 aromatic carbocycles. The molecule has 206 valence electrons. The molecule has 0 heterocycles. The summed E-state index contributed by atoms with van der Waals surface area (Å²) in [6.07, 6.45) is 0.731. The molecule has 4 nitrogen and oxygen atoms in total. The molecule has 0 bridgehead atoms. The van der Waals surface area contributed by atoms with Gasteiger partial charge in [-0.05, 0) is 43.0 Å². The van der Waals surface area contributed by atoms with Gasteiger partial charge in [0.15, 0.2) is 34.8 Å². The largest absolute Gasteiger partial charge is 0.505 e. The van der Waals surface area contributed by atoms with Crippen LogP contribution in [0.15, 0.2) is 42.5 Å². The standard InChI is InChI=1S/C29H24F6O4/c1-2-3-21(36)19-10-11-20(27(34)26(19)33)29(38)39-15-6-4-14(5-7-15)16-8-9-17(24(31)23(16)30)18-12-13-22(37)28(35)25(18)32/h4,8-13,15,21,36-37H,2-3,5-7H2,1H3. The first kappa shape index (κ1) is 28.2. The number of allylic oxidation sites excluding steroid dienone is 1. The van der Waals surface area contributed by atoms with Crippen molar-refractivity contribution in [1.29, 1.82) is 0 Å². The van der Waals surface area contributed by atoms with Crippen molar-refractivity contribution >= 4 is 11.5 Å². The topological polar surface area (TPSA) is 66.8 Å². The summed E-state index contributed by atoms with van der Waals surface area (Å²) >= 11 is 0. The number of rotatable bonds is 7. The van der Waals surface area contributed by atoms with Crippen LogP contribution < -0.4 is 0 Å². The lowest BCUT2D eigenvalue weighted by molar-refractivity contribution is 0.0278. The van der Waals surface area contributed by atoms with Crippen LogP contribution in [0.25, 0.3) is 16.7 Å². The molecule has 0 saturated carbocycles. The molecule has 1 aliphatic carbocycles. The third-order valence-corrected chi connectivity index (χ3v) is 6.67. The van der Waals surface area contributed by atoms with Crippen molar-refractivity contribution in [3.8, 4) is 16.9 Å². The molecule has 0 radical (unpaired) electrons. The Morgan fingerprint density at radius 2 is 1.49 bits per heavy atom. The van der Waals surface area contributed by atoms with Crippen molar-refractivity contribution in [3.05, 3.63) is 94.1 Å². The molecule has 1 aliphatic rings. The lowest BCUT2D eigenvalue weighted by Crippen LogP contribution is -2.21. The van der Waals surface area contributed by atoms with E-state index >= 15 is 0 Å². The number of carbonyl (C=O) groups excluding carboxylic acids is 1. The van der Waals surface area contributed by atoms with Crippen molar-refractivity contribution in [2.24, 2.45) is 0 Å². The van der Waals surface area contributed by atoms with Crippen LogP contribution in [-0.2, 0) is 4.74 Å². The number of benzene rings is 3. The fourth-order valence-electron chi connectivity index (χ4n) is 4.54. The molecule has 0 amide bonds. The monoisotopic (exact) mass is 550 g/mol. The fourth-order valence-corrected chi connectivity index (χ4v) is 4.54. The highest BCUT2D eigenvalue weighted by Crippen LogP contribution is 2.36. The molecule has 0 aromatic heterocycles. The predicted octanol–water partition coefficient (Wildman–Crippen LogP) is 7.52. The second-order valence-corrected chi connectivity index (χ2v) is 9.21. The molecular formula is C29H24F6O4. The number of aliphatic hydroxyl groups excluding tert-OH is 1. The Morgan fingerprint density at radius 3 is 2.13 bits per heavy atom. The molecule has 39 heavy (non-hydrogen) atoms. The normalized spacial score (nSPS) is 16.1. The van der Waals surface area contributed by atoms with Gasteiger partial charge < -0.3 is 14.9 Å². The number of phenolic OH excluding ortho intramolecular Hbond substituents is 1. The average Bonchev–Trinajstić information content (AvgIpc) is 2.91. The Morgan fingerprint density at radius 1 is 0.872 bits per heavy atom. The highest BCUT2D eigenvalue weighted by Gasteiger charge is 2.27. The molecule has 2 N–H and O–H groups in total. The number of halogens is 6. The summed E-state index contributed by atoms with van der Waals surface area (Å²) in [6, 6.07) is 6.24. The van der Waals surface area contributed by atoms with Crippen LogP contribution in [0.3, 0.4) is 0 Å². The molecule has 0 spiro atoms. The molecule has 4 rings (SSSR count). The number of ether oxygens (including phenoxy) is 1. The van der Waals surface area contributed by atoms with E-state index in [1.165, 1.54) is 12.1 Å². The van der Waals surface area contributed by atoms with Gasteiger partial charge in [0.1, 0.15) is 6.10 Å². The molecule has 10 heteroatoms. The first-order valence-electron chi connectivity index (χ1n) is 12.3. The summed E-state index contributed by atoms with van der Waals surface area (Å²) in [7, 11) is 0. The van der Waals surface area contributed by atoms with Crippen LogP contribution in [0, 0.1) is 34.9 Å². The summed E-state index contributed by atoms with van der Waals surface area (Å²) in [4.78, 5) is 12.5. The maximum absolute atomic E-state index is 14.9. The second-order valence-electron chi connectivity index (χ2n) is 9.21. The van der Waals surface area contributed by atoms with Crippen LogP contribution in [0.1, 0.15) is 66.6 Å². The van der Waals surface area contributed by atoms with Crippen LogP contribution >= 0.6 is 0 Å². The number of esters is 1. The van der Waals surface area contributed by atoms with Gasteiger partial charge in [-0.3, -0.25) is 0 Å². The van der Waals surface area contributed by atoms with Gasteiger partial charge in [0.25, 0.3) is 0 Å². The first-order valence-corrected chi connectivity index (χ1v) is 12.3. The van der Waals surface area contributed by atoms with Gasteiger partial charge >= 0.3 is 5.97 Å². The molecule has 0 saturated heterocycles. The van der Waals surface area contributed by atoms with Gasteiger partial charge in [-0.15, -0.1) is 0 Å². The molecule has 0 aliphatic heterocycles. The van der Waals surface area contributed by atoms with E-state index in [0.717, 1.165) is 30.3 Å². The summed E-state index contributed by atoms with van der Waals surface area (Å²) < 4.78 is 91.9. The zero-order chi connectivity index (χ0) is 28.4. The number of hydrogen-bond donors (Lipinski definition) is 2. The van der Waals surface area contributed by atoms with E-state index in [2.05, 4.69) is 0 Å². The number of carbonyl (C=O) groups is 1. The van der Waals surface area contributed by atoms with Gasteiger partial charge in [0.05, 0.1) is 11.7 Å². The fraction of sp³-hybridized carbons (Fsp3) is 0.276. The van der Waals surface area contributed by atoms with Gasteiger partial charge in [0.2, 0.25) is 5.82 Å². The van der Waals surface area contributed by atoms with Crippen molar-refractivity contribution in [1.82, 2.24) is 0 Å². The quantitative estimate of drug-likeness (QED) is 0.236. The maximum atomic E-state index is 14.9. The molecule has 2 unspecified atom stereocenters. The Labute approximate surface area is 220 Å². The summed E-state index contributed by atoms with van der Waals surface area (Å²) in [5.74, 6) is -10.6. The van der Waals surface area contributed by atoms with Crippen LogP contribution in [0.5, 0.6) is 5.75 Å². The number of phenols is 1. The number of hydrogen-bond acceptors (Lipinski definition) is 4. The van der Waals surface area contributed by atoms with E-state index in [9.17, 15) is 41.4 Å². The van der Waals surface area contributed by atoms with E-state index in [-0.39, 0.29) is 36.8 Å². The minimum absolute atomic E-state index is 0.0824. The smallest absolute Gasteiger partial charge is 0.341 e. The second kappa shape index (κ2) is 11.5. The van der Waals surface area contributed by atoms with E-state index in [1.54, 1.807) is 6.92 Å². The zero-order valence-corrected chi connectivity index (χ0v) is 20.7. The van der Waals surface area contributed by atoms with Crippen molar-refractivity contribution in [2.75, 3.05) is 0 Å². The lowest BCUT2D eigenvalue weighted by atomic mass is 9.90. The van der Waals surface area contributed by atoms with Gasteiger partial charge in [-0.2, -0.15) is 4.39 Å². The van der Waals surface area contributed by atoms with Crippen LogP contribution in [0.2, 0.25) is 0 Å². The minimum Gasteiger partial charge on any atom is -0.505 e. The predicted molar refractivity (Wildman–Crippen MR) is 131 cm³/mol. The SMILES string of the molecule is CCCC(O)c1ccc(C(=O)OC2CC=C(c3ccc(-c4ccc(O)c(F)c4F)c(F)c3F)CC2)c(F)c1F. The van der Waals surface area contributed by atoms with Crippen molar-refractivity contribution in [2.45, 2.75) is 51.2 Å². The van der Waals surface area contributed by atoms with Gasteiger partial charge in [-0.1, -0.05) is 37.6 Å². The van der Waals surface area contributed by atoms with Crippen molar-refractivity contribution in [3.63, 3.8) is 0 Å². The Balaban J connectivity index is 1.49. The highest BCUT2D eigenvalue weighted by molar-refractivity contribution is 5.90. The van der Waals surface area contributed by atoms with Gasteiger partial charge in [0, 0.05) is 28.7 Å².